The van der Waals surface area contributed by atoms with E-state index in [9.17, 15) is 9.18 Å². The van der Waals surface area contributed by atoms with Crippen molar-refractivity contribution in [2.45, 2.75) is 13.5 Å². The van der Waals surface area contributed by atoms with E-state index in [-0.39, 0.29) is 11.7 Å². The molecule has 0 atom stereocenters. The minimum atomic E-state index is -0.271. The molecule has 0 aromatic heterocycles. The van der Waals surface area contributed by atoms with Gasteiger partial charge in [-0.15, -0.1) is 0 Å². The van der Waals surface area contributed by atoms with E-state index < -0.39 is 0 Å². The first kappa shape index (κ1) is 15.8. The minimum Gasteiger partial charge on any atom is -0.489 e. The minimum absolute atomic E-state index is 0.117. The second-order valence-electron chi connectivity index (χ2n) is 4.72. The Hall–Kier alpha value is -2.62. The number of halogens is 1. The summed E-state index contributed by atoms with van der Waals surface area (Å²) in [5.41, 5.74) is 1.68. The van der Waals surface area contributed by atoms with E-state index in [0.29, 0.717) is 18.9 Å². The number of carbonyl (C=O) groups excluding carboxylic acids is 1. The van der Waals surface area contributed by atoms with Crippen LogP contribution >= 0.6 is 0 Å². The first-order valence-electron chi connectivity index (χ1n) is 7.10. The number of nitrogens with one attached hydrogen (secondary N) is 1. The van der Waals surface area contributed by atoms with Crippen molar-refractivity contribution < 1.29 is 13.9 Å². The molecule has 3 nitrogen and oxygen atoms in total. The molecule has 22 heavy (non-hydrogen) atoms. The molecule has 0 aliphatic rings. The molecule has 2 aromatic rings. The van der Waals surface area contributed by atoms with Crippen molar-refractivity contribution in [3.05, 3.63) is 71.6 Å². The third kappa shape index (κ3) is 5.05. The number of amides is 1. The predicted molar refractivity (Wildman–Crippen MR) is 84.9 cm³/mol. The molecular weight excluding hydrogens is 281 g/mol. The van der Waals surface area contributed by atoms with Gasteiger partial charge in [-0.1, -0.05) is 24.3 Å². The van der Waals surface area contributed by atoms with Crippen molar-refractivity contribution in [2.75, 3.05) is 6.54 Å². The molecule has 0 saturated carbocycles. The number of hydrogen-bond acceptors (Lipinski definition) is 2. The standard InChI is InChI=1S/C18H18FNO2/c1-2-20-18(21)11-8-14-6-9-17(10-7-14)22-13-15-4-3-5-16(19)12-15/h3-12H,2,13H2,1H3,(H,20,21). The van der Waals surface area contributed by atoms with E-state index in [2.05, 4.69) is 5.32 Å². The fraction of sp³-hybridized carbons (Fsp3) is 0.167. The van der Waals surface area contributed by atoms with E-state index >= 15 is 0 Å². The predicted octanol–water partition coefficient (Wildman–Crippen LogP) is 3.55. The molecule has 2 rings (SSSR count). The van der Waals surface area contributed by atoms with Crippen LogP contribution in [0.2, 0.25) is 0 Å². The fourth-order valence-electron chi connectivity index (χ4n) is 1.87. The van der Waals surface area contributed by atoms with Gasteiger partial charge < -0.3 is 10.1 Å². The zero-order chi connectivity index (χ0) is 15.8. The van der Waals surface area contributed by atoms with Crippen molar-refractivity contribution >= 4 is 12.0 Å². The molecule has 114 valence electrons. The van der Waals surface area contributed by atoms with Gasteiger partial charge in [-0.25, -0.2) is 4.39 Å². The lowest BCUT2D eigenvalue weighted by atomic mass is 10.2. The maximum Gasteiger partial charge on any atom is 0.243 e. The number of benzene rings is 2. The van der Waals surface area contributed by atoms with Crippen LogP contribution in [-0.4, -0.2) is 12.5 Å². The molecule has 2 aromatic carbocycles. The number of rotatable bonds is 6. The summed E-state index contributed by atoms with van der Waals surface area (Å²) in [6, 6.07) is 13.7. The van der Waals surface area contributed by atoms with Crippen LogP contribution in [0.4, 0.5) is 4.39 Å². The highest BCUT2D eigenvalue weighted by Gasteiger charge is 1.98. The average molecular weight is 299 g/mol. The van der Waals surface area contributed by atoms with Crippen molar-refractivity contribution in [1.82, 2.24) is 5.32 Å². The normalized spacial score (nSPS) is 10.6. The molecule has 0 saturated heterocycles. The van der Waals surface area contributed by atoms with Crippen LogP contribution in [0, 0.1) is 5.82 Å². The van der Waals surface area contributed by atoms with Crippen LogP contribution in [0.3, 0.4) is 0 Å². The van der Waals surface area contributed by atoms with Crippen LogP contribution in [-0.2, 0) is 11.4 Å². The number of hydrogen-bond donors (Lipinski definition) is 1. The van der Waals surface area contributed by atoms with Crippen LogP contribution in [0.25, 0.3) is 6.08 Å². The van der Waals surface area contributed by atoms with Gasteiger partial charge in [0.05, 0.1) is 0 Å². The third-order valence-corrected chi connectivity index (χ3v) is 2.95. The van der Waals surface area contributed by atoms with Crippen LogP contribution in [0.5, 0.6) is 5.75 Å². The highest BCUT2D eigenvalue weighted by atomic mass is 19.1. The Labute approximate surface area is 129 Å². The Morgan fingerprint density at radius 1 is 1.23 bits per heavy atom. The van der Waals surface area contributed by atoms with Crippen molar-refractivity contribution in [2.24, 2.45) is 0 Å². The van der Waals surface area contributed by atoms with E-state index in [1.807, 2.05) is 37.3 Å². The first-order chi connectivity index (χ1) is 10.7. The zero-order valence-corrected chi connectivity index (χ0v) is 12.4. The Kier molecular flexibility index (Phi) is 5.72. The first-order valence-corrected chi connectivity index (χ1v) is 7.10. The highest BCUT2D eigenvalue weighted by Crippen LogP contribution is 2.15. The molecule has 0 radical (unpaired) electrons. The van der Waals surface area contributed by atoms with Crippen molar-refractivity contribution in [3.63, 3.8) is 0 Å². The third-order valence-electron chi connectivity index (χ3n) is 2.95. The summed E-state index contributed by atoms with van der Waals surface area (Å²) in [4.78, 5) is 11.3. The number of likely N-dealkylation sites (N-methyl/N-ethyl adjacent to an activating group) is 1. The van der Waals surface area contributed by atoms with Gasteiger partial charge in [-0.3, -0.25) is 4.79 Å². The SMILES string of the molecule is CCNC(=O)C=Cc1ccc(OCc2cccc(F)c2)cc1. The Morgan fingerprint density at radius 3 is 2.68 bits per heavy atom. The largest absolute Gasteiger partial charge is 0.489 e. The lowest BCUT2D eigenvalue weighted by Gasteiger charge is -2.06. The molecule has 0 aliphatic heterocycles. The lowest BCUT2D eigenvalue weighted by Crippen LogP contribution is -2.19. The molecule has 0 heterocycles. The quantitative estimate of drug-likeness (QED) is 0.828. The van der Waals surface area contributed by atoms with Gasteiger partial charge in [0.1, 0.15) is 18.2 Å². The van der Waals surface area contributed by atoms with Gasteiger partial charge in [-0.2, -0.15) is 0 Å². The maximum absolute atomic E-state index is 13.1. The summed E-state index contributed by atoms with van der Waals surface area (Å²) in [7, 11) is 0. The zero-order valence-electron chi connectivity index (χ0n) is 12.4. The summed E-state index contributed by atoms with van der Waals surface area (Å²) in [5.74, 6) is 0.306. The number of carbonyl (C=O) groups is 1. The van der Waals surface area contributed by atoms with Gasteiger partial charge in [0.15, 0.2) is 0 Å². The van der Waals surface area contributed by atoms with E-state index in [0.717, 1.165) is 11.1 Å². The molecule has 0 bridgehead atoms. The summed E-state index contributed by atoms with van der Waals surface area (Å²) >= 11 is 0. The molecule has 0 unspecified atom stereocenters. The fourth-order valence-corrected chi connectivity index (χ4v) is 1.87. The summed E-state index contributed by atoms with van der Waals surface area (Å²) in [5, 5.41) is 2.69. The molecular formula is C18H18FNO2. The molecule has 1 amide bonds. The van der Waals surface area contributed by atoms with Crippen molar-refractivity contribution in [3.8, 4) is 5.75 Å². The smallest absolute Gasteiger partial charge is 0.243 e. The lowest BCUT2D eigenvalue weighted by molar-refractivity contribution is -0.116. The monoisotopic (exact) mass is 299 g/mol. The molecule has 0 aliphatic carbocycles. The average Bonchev–Trinajstić information content (AvgIpc) is 2.52. The van der Waals surface area contributed by atoms with Gasteiger partial charge in [0.2, 0.25) is 5.91 Å². The van der Waals surface area contributed by atoms with Crippen LogP contribution in [0.1, 0.15) is 18.1 Å². The second kappa shape index (κ2) is 7.98. The van der Waals surface area contributed by atoms with Crippen LogP contribution in [0.15, 0.2) is 54.6 Å². The van der Waals surface area contributed by atoms with E-state index in [1.54, 1.807) is 12.1 Å². The van der Waals surface area contributed by atoms with Gasteiger partial charge in [0, 0.05) is 12.6 Å². The Morgan fingerprint density at radius 2 is 2.00 bits per heavy atom. The molecule has 0 spiro atoms. The topological polar surface area (TPSA) is 38.3 Å². The highest BCUT2D eigenvalue weighted by molar-refractivity contribution is 5.91. The summed E-state index contributed by atoms with van der Waals surface area (Å²) in [6.07, 6.45) is 3.23. The Bertz CT molecular complexity index is 650. The van der Waals surface area contributed by atoms with Crippen molar-refractivity contribution in [1.29, 1.82) is 0 Å². The summed E-state index contributed by atoms with van der Waals surface area (Å²) in [6.45, 7) is 2.79. The van der Waals surface area contributed by atoms with Gasteiger partial charge in [-0.05, 0) is 48.4 Å². The maximum atomic E-state index is 13.1. The van der Waals surface area contributed by atoms with Gasteiger partial charge >= 0.3 is 0 Å². The van der Waals surface area contributed by atoms with E-state index in [4.69, 9.17) is 4.74 Å². The number of ether oxygens (including phenoxy) is 1. The second-order valence-corrected chi connectivity index (χ2v) is 4.72. The Balaban J connectivity index is 1.90. The van der Waals surface area contributed by atoms with Gasteiger partial charge in [0.25, 0.3) is 0 Å². The molecule has 4 heteroatoms. The molecule has 0 fully saturated rings. The summed E-state index contributed by atoms with van der Waals surface area (Å²) < 4.78 is 18.7. The molecule has 1 N–H and O–H groups in total. The van der Waals surface area contributed by atoms with E-state index in [1.165, 1.54) is 18.2 Å². The van der Waals surface area contributed by atoms with Crippen LogP contribution < -0.4 is 10.1 Å².